The molecular formula is C13H20N2. The molecule has 3 N–H and O–H groups in total. The molecule has 0 unspecified atom stereocenters. The summed E-state index contributed by atoms with van der Waals surface area (Å²) in [6, 6.07) is 10.2. The molecule has 82 valence electrons. The minimum Gasteiger partial charge on any atom is -0.328 e. The average Bonchev–Trinajstić information content (AvgIpc) is 2.16. The lowest BCUT2D eigenvalue weighted by atomic mass is 9.87. The SMILES string of the molecule is Cc1ccc([C@H](C)NC2CC(N)C2)cc1. The van der Waals surface area contributed by atoms with Gasteiger partial charge in [-0.3, -0.25) is 0 Å². The molecule has 0 aromatic heterocycles. The summed E-state index contributed by atoms with van der Waals surface area (Å²) < 4.78 is 0. The first kappa shape index (κ1) is 10.7. The maximum absolute atomic E-state index is 5.76. The zero-order chi connectivity index (χ0) is 10.8. The molecule has 0 amide bonds. The Morgan fingerprint density at radius 2 is 1.87 bits per heavy atom. The maximum Gasteiger partial charge on any atom is 0.0294 e. The predicted molar refractivity (Wildman–Crippen MR) is 63.7 cm³/mol. The molecule has 0 heterocycles. The van der Waals surface area contributed by atoms with Crippen molar-refractivity contribution in [1.29, 1.82) is 0 Å². The van der Waals surface area contributed by atoms with Gasteiger partial charge in [-0.05, 0) is 32.3 Å². The minimum absolute atomic E-state index is 0.424. The Balaban J connectivity index is 1.90. The fraction of sp³-hybridized carbons (Fsp3) is 0.538. The first-order valence-corrected chi connectivity index (χ1v) is 5.73. The van der Waals surface area contributed by atoms with Crippen LogP contribution in [0.25, 0.3) is 0 Å². The molecule has 0 radical (unpaired) electrons. The molecule has 0 saturated heterocycles. The van der Waals surface area contributed by atoms with Gasteiger partial charge in [-0.25, -0.2) is 0 Å². The van der Waals surface area contributed by atoms with Crippen LogP contribution < -0.4 is 11.1 Å². The average molecular weight is 204 g/mol. The summed E-state index contributed by atoms with van der Waals surface area (Å²) in [6.45, 7) is 4.33. The van der Waals surface area contributed by atoms with Crippen molar-refractivity contribution in [3.63, 3.8) is 0 Å². The summed E-state index contributed by atoms with van der Waals surface area (Å²) in [5, 5.41) is 3.60. The summed E-state index contributed by atoms with van der Waals surface area (Å²) in [6.07, 6.45) is 2.24. The molecule has 1 atom stereocenters. The van der Waals surface area contributed by atoms with Crippen molar-refractivity contribution < 1.29 is 0 Å². The number of nitrogens with two attached hydrogens (primary N) is 1. The smallest absolute Gasteiger partial charge is 0.0294 e. The van der Waals surface area contributed by atoms with Crippen LogP contribution in [0.3, 0.4) is 0 Å². The van der Waals surface area contributed by atoms with E-state index in [2.05, 4.69) is 43.4 Å². The van der Waals surface area contributed by atoms with E-state index in [9.17, 15) is 0 Å². The molecule has 0 spiro atoms. The molecule has 1 aromatic carbocycles. The second kappa shape index (κ2) is 4.33. The van der Waals surface area contributed by atoms with Gasteiger partial charge in [0, 0.05) is 18.1 Å². The molecule has 15 heavy (non-hydrogen) atoms. The summed E-state index contributed by atoms with van der Waals surface area (Å²) in [4.78, 5) is 0. The minimum atomic E-state index is 0.424. The lowest BCUT2D eigenvalue weighted by Crippen LogP contribution is -2.49. The van der Waals surface area contributed by atoms with Gasteiger partial charge in [0.2, 0.25) is 0 Å². The van der Waals surface area contributed by atoms with Gasteiger partial charge in [-0.1, -0.05) is 29.8 Å². The van der Waals surface area contributed by atoms with Crippen LogP contribution in [0.4, 0.5) is 0 Å². The number of nitrogens with one attached hydrogen (secondary N) is 1. The second-order valence-electron chi connectivity index (χ2n) is 4.73. The van der Waals surface area contributed by atoms with E-state index in [-0.39, 0.29) is 0 Å². The molecule has 0 bridgehead atoms. The molecule has 2 heteroatoms. The van der Waals surface area contributed by atoms with Crippen molar-refractivity contribution in [2.24, 2.45) is 5.73 Å². The maximum atomic E-state index is 5.76. The fourth-order valence-electron chi connectivity index (χ4n) is 2.10. The van der Waals surface area contributed by atoms with E-state index in [0.29, 0.717) is 18.1 Å². The zero-order valence-corrected chi connectivity index (χ0v) is 9.53. The molecule has 1 fully saturated rings. The topological polar surface area (TPSA) is 38.0 Å². The van der Waals surface area contributed by atoms with Crippen LogP contribution >= 0.6 is 0 Å². The molecule has 0 aliphatic heterocycles. The van der Waals surface area contributed by atoms with Gasteiger partial charge < -0.3 is 11.1 Å². The van der Waals surface area contributed by atoms with Crippen LogP contribution in [-0.4, -0.2) is 12.1 Å². The van der Waals surface area contributed by atoms with Crippen LogP contribution in [0.1, 0.15) is 36.9 Å². The quantitative estimate of drug-likeness (QED) is 0.791. The Bertz CT molecular complexity index is 312. The highest BCUT2D eigenvalue weighted by molar-refractivity contribution is 5.23. The van der Waals surface area contributed by atoms with Crippen LogP contribution in [0.2, 0.25) is 0 Å². The van der Waals surface area contributed by atoms with Crippen molar-refractivity contribution in [3.8, 4) is 0 Å². The third-order valence-electron chi connectivity index (χ3n) is 3.24. The van der Waals surface area contributed by atoms with Crippen LogP contribution in [0, 0.1) is 6.92 Å². The molecule has 1 saturated carbocycles. The van der Waals surface area contributed by atoms with Crippen molar-refractivity contribution >= 4 is 0 Å². The second-order valence-corrected chi connectivity index (χ2v) is 4.73. The summed E-state index contributed by atoms with van der Waals surface area (Å²) in [5.74, 6) is 0. The van der Waals surface area contributed by atoms with E-state index in [4.69, 9.17) is 5.73 Å². The molecule has 1 aromatic rings. The summed E-state index contributed by atoms with van der Waals surface area (Å²) >= 11 is 0. The number of hydrogen-bond acceptors (Lipinski definition) is 2. The van der Waals surface area contributed by atoms with E-state index >= 15 is 0 Å². The van der Waals surface area contributed by atoms with Crippen molar-refractivity contribution in [1.82, 2.24) is 5.32 Å². The third kappa shape index (κ3) is 2.58. The highest BCUT2D eigenvalue weighted by Gasteiger charge is 2.26. The van der Waals surface area contributed by atoms with E-state index in [1.54, 1.807) is 0 Å². The van der Waals surface area contributed by atoms with Gasteiger partial charge in [-0.2, -0.15) is 0 Å². The van der Waals surface area contributed by atoms with Crippen molar-refractivity contribution in [2.75, 3.05) is 0 Å². The zero-order valence-electron chi connectivity index (χ0n) is 9.53. The summed E-state index contributed by atoms with van der Waals surface area (Å²) in [5.41, 5.74) is 8.44. The van der Waals surface area contributed by atoms with Gasteiger partial charge in [0.05, 0.1) is 0 Å². The summed E-state index contributed by atoms with van der Waals surface area (Å²) in [7, 11) is 0. The highest BCUT2D eigenvalue weighted by Crippen LogP contribution is 2.22. The predicted octanol–water partition coefficient (Wildman–Crippen LogP) is 2.14. The number of rotatable bonds is 3. The lowest BCUT2D eigenvalue weighted by Gasteiger charge is -2.35. The Labute approximate surface area is 91.9 Å². The first-order chi connectivity index (χ1) is 7.15. The van der Waals surface area contributed by atoms with E-state index in [0.717, 1.165) is 12.8 Å². The van der Waals surface area contributed by atoms with E-state index in [1.165, 1.54) is 11.1 Å². The normalized spacial score (nSPS) is 27.1. The first-order valence-electron chi connectivity index (χ1n) is 5.73. The van der Waals surface area contributed by atoms with E-state index in [1.807, 2.05) is 0 Å². The van der Waals surface area contributed by atoms with Crippen molar-refractivity contribution in [2.45, 2.75) is 44.8 Å². The molecular weight excluding hydrogens is 184 g/mol. The largest absolute Gasteiger partial charge is 0.328 e. The monoisotopic (exact) mass is 204 g/mol. The standard InChI is InChI=1S/C13H20N2/c1-9-3-5-11(6-4-9)10(2)15-13-7-12(14)8-13/h3-6,10,12-13,15H,7-8,14H2,1-2H3/t10-,12?,13?/m0/s1. The molecule has 1 aliphatic rings. The molecule has 2 rings (SSSR count). The van der Waals surface area contributed by atoms with Gasteiger partial charge in [-0.15, -0.1) is 0 Å². The molecule has 2 nitrogen and oxygen atoms in total. The Morgan fingerprint density at radius 3 is 2.40 bits per heavy atom. The van der Waals surface area contributed by atoms with Crippen LogP contribution in [0.5, 0.6) is 0 Å². The van der Waals surface area contributed by atoms with Gasteiger partial charge in [0.25, 0.3) is 0 Å². The fourth-order valence-corrected chi connectivity index (χ4v) is 2.10. The molecule has 1 aliphatic carbocycles. The lowest BCUT2D eigenvalue weighted by molar-refractivity contribution is 0.272. The third-order valence-corrected chi connectivity index (χ3v) is 3.24. The highest BCUT2D eigenvalue weighted by atomic mass is 15.0. The van der Waals surface area contributed by atoms with Gasteiger partial charge >= 0.3 is 0 Å². The Hall–Kier alpha value is -0.860. The van der Waals surface area contributed by atoms with Gasteiger partial charge in [0.1, 0.15) is 0 Å². The van der Waals surface area contributed by atoms with Crippen molar-refractivity contribution in [3.05, 3.63) is 35.4 Å². The van der Waals surface area contributed by atoms with Crippen LogP contribution in [0.15, 0.2) is 24.3 Å². The Morgan fingerprint density at radius 1 is 1.27 bits per heavy atom. The van der Waals surface area contributed by atoms with E-state index < -0.39 is 0 Å². The number of hydrogen-bond donors (Lipinski definition) is 2. The Kier molecular flexibility index (Phi) is 3.08. The van der Waals surface area contributed by atoms with Gasteiger partial charge in [0.15, 0.2) is 0 Å². The van der Waals surface area contributed by atoms with Crippen LogP contribution in [-0.2, 0) is 0 Å². The number of benzene rings is 1. The number of aryl methyl sites for hydroxylation is 1.